The van der Waals surface area contributed by atoms with Crippen LogP contribution in [-0.2, 0) is 11.8 Å². The maximum Gasteiger partial charge on any atom is 0.227 e. The minimum atomic E-state index is 0.190. The molecule has 2 N–H and O–H groups in total. The summed E-state index contributed by atoms with van der Waals surface area (Å²) in [6, 6.07) is 12.3. The van der Waals surface area contributed by atoms with Crippen LogP contribution in [-0.4, -0.2) is 37.0 Å². The highest BCUT2D eigenvalue weighted by atomic mass is 16.2. The molecule has 0 aliphatic carbocycles. The number of nitrogens with two attached hydrogens (primary N) is 1. The Kier molecular flexibility index (Phi) is 4.99. The molecular formula is C27H23N7O. The number of carbonyl (C=O) groups excluding carboxylic acids is 1. The average molecular weight is 462 g/mol. The predicted molar refractivity (Wildman–Crippen MR) is 136 cm³/mol. The van der Waals surface area contributed by atoms with Crippen molar-refractivity contribution in [1.82, 2.24) is 24.5 Å². The van der Waals surface area contributed by atoms with Crippen molar-refractivity contribution in [3.8, 4) is 33.4 Å². The van der Waals surface area contributed by atoms with Crippen LogP contribution in [0.25, 0.3) is 44.4 Å². The van der Waals surface area contributed by atoms with Gasteiger partial charge >= 0.3 is 0 Å². The van der Waals surface area contributed by atoms with E-state index in [9.17, 15) is 4.79 Å². The van der Waals surface area contributed by atoms with E-state index >= 15 is 0 Å². The van der Waals surface area contributed by atoms with Gasteiger partial charge in [0.2, 0.25) is 11.9 Å². The Balaban J connectivity index is 1.36. The number of aromatic nitrogens is 5. The van der Waals surface area contributed by atoms with Gasteiger partial charge in [0.15, 0.2) is 0 Å². The maximum atomic E-state index is 12.1. The molecule has 8 nitrogen and oxygen atoms in total. The Bertz CT molecular complexity index is 1560. The number of benzene rings is 1. The summed E-state index contributed by atoms with van der Waals surface area (Å²) in [4.78, 5) is 31.4. The Morgan fingerprint density at radius 2 is 1.51 bits per heavy atom. The van der Waals surface area contributed by atoms with Gasteiger partial charge in [-0.25, -0.2) is 15.0 Å². The summed E-state index contributed by atoms with van der Waals surface area (Å²) >= 11 is 0. The number of hydrogen-bond acceptors (Lipinski definition) is 6. The zero-order valence-electron chi connectivity index (χ0n) is 19.2. The van der Waals surface area contributed by atoms with Gasteiger partial charge in [-0.3, -0.25) is 9.78 Å². The standard InChI is InChI=1S/C27H23N7O/c1-33-16-24(21-14-31-27(28)32-15-21)23-10-20(13-30-26(23)33)19-9-18(11-29-12-19)17-4-6-22(7-5-17)34-8-2-3-25(34)35/h4-7,9-16H,2-3,8H2,1H3,(H2,28,31,32). The van der Waals surface area contributed by atoms with E-state index in [0.29, 0.717) is 6.42 Å². The summed E-state index contributed by atoms with van der Waals surface area (Å²) in [5, 5.41) is 1.00. The molecular weight excluding hydrogens is 438 g/mol. The van der Waals surface area contributed by atoms with Gasteiger partial charge in [0.25, 0.3) is 0 Å². The molecule has 5 aromatic rings. The SMILES string of the molecule is Cn1cc(-c2cnc(N)nc2)c2cc(-c3cncc(-c4ccc(N5CCCC5=O)cc4)c3)cnc21. The van der Waals surface area contributed by atoms with Crippen molar-refractivity contribution in [3.05, 3.63) is 73.6 Å². The predicted octanol–water partition coefficient (Wildman–Crippen LogP) is 4.47. The Morgan fingerprint density at radius 3 is 2.23 bits per heavy atom. The molecule has 0 unspecified atom stereocenters. The number of nitrogen functional groups attached to an aromatic ring is 1. The van der Waals surface area contributed by atoms with Gasteiger partial charge < -0.3 is 15.2 Å². The second kappa shape index (κ2) is 8.32. The number of fused-ring (bicyclic) bond motifs is 1. The summed E-state index contributed by atoms with van der Waals surface area (Å²) in [7, 11) is 1.97. The van der Waals surface area contributed by atoms with Crippen molar-refractivity contribution in [2.45, 2.75) is 12.8 Å². The van der Waals surface area contributed by atoms with Crippen LogP contribution in [0.3, 0.4) is 0 Å². The lowest BCUT2D eigenvalue weighted by Gasteiger charge is -2.16. The molecule has 1 aromatic carbocycles. The van der Waals surface area contributed by atoms with Crippen LogP contribution in [0.15, 0.2) is 73.6 Å². The second-order valence-corrected chi connectivity index (χ2v) is 8.74. The number of carbonyl (C=O) groups is 1. The normalized spacial score (nSPS) is 13.6. The maximum absolute atomic E-state index is 12.1. The topological polar surface area (TPSA) is 103 Å². The molecule has 4 aromatic heterocycles. The van der Waals surface area contributed by atoms with E-state index in [1.165, 1.54) is 0 Å². The van der Waals surface area contributed by atoms with Crippen LogP contribution in [0.5, 0.6) is 0 Å². The molecule has 35 heavy (non-hydrogen) atoms. The minimum Gasteiger partial charge on any atom is -0.368 e. The first-order chi connectivity index (χ1) is 17.1. The van der Waals surface area contributed by atoms with Crippen LogP contribution in [0.2, 0.25) is 0 Å². The monoisotopic (exact) mass is 461 g/mol. The van der Waals surface area contributed by atoms with Crippen LogP contribution in [0.1, 0.15) is 12.8 Å². The minimum absolute atomic E-state index is 0.190. The fourth-order valence-corrected chi connectivity index (χ4v) is 4.64. The average Bonchev–Trinajstić information content (AvgIpc) is 3.47. The molecule has 0 saturated carbocycles. The first-order valence-electron chi connectivity index (χ1n) is 11.5. The van der Waals surface area contributed by atoms with E-state index in [0.717, 1.165) is 63.1 Å². The van der Waals surface area contributed by atoms with Gasteiger partial charge in [-0.1, -0.05) is 12.1 Å². The van der Waals surface area contributed by atoms with Gasteiger partial charge in [0.05, 0.1) is 0 Å². The summed E-state index contributed by atoms with van der Waals surface area (Å²) in [5.41, 5.74) is 13.3. The van der Waals surface area contributed by atoms with Crippen molar-refractivity contribution in [1.29, 1.82) is 0 Å². The highest BCUT2D eigenvalue weighted by Gasteiger charge is 2.21. The number of pyridine rings is 2. The molecule has 0 atom stereocenters. The van der Waals surface area contributed by atoms with Gasteiger partial charge in [0.1, 0.15) is 5.65 Å². The molecule has 172 valence electrons. The lowest BCUT2D eigenvalue weighted by atomic mass is 10.0. The van der Waals surface area contributed by atoms with Gasteiger partial charge in [0, 0.05) is 96.1 Å². The first kappa shape index (κ1) is 21.0. The van der Waals surface area contributed by atoms with Crippen molar-refractivity contribution >= 4 is 28.6 Å². The Hall–Kier alpha value is -4.59. The van der Waals surface area contributed by atoms with Crippen molar-refractivity contribution in [3.63, 3.8) is 0 Å². The van der Waals surface area contributed by atoms with E-state index < -0.39 is 0 Å². The van der Waals surface area contributed by atoms with Gasteiger partial charge in [-0.15, -0.1) is 0 Å². The third-order valence-corrected chi connectivity index (χ3v) is 6.45. The molecule has 1 aliphatic rings. The van der Waals surface area contributed by atoms with E-state index in [1.807, 2.05) is 65.6 Å². The summed E-state index contributed by atoms with van der Waals surface area (Å²) in [5.74, 6) is 0.436. The van der Waals surface area contributed by atoms with E-state index in [2.05, 4.69) is 27.1 Å². The molecule has 0 bridgehead atoms. The van der Waals surface area contributed by atoms with E-state index in [-0.39, 0.29) is 11.9 Å². The summed E-state index contributed by atoms with van der Waals surface area (Å²) < 4.78 is 1.99. The largest absolute Gasteiger partial charge is 0.368 e. The van der Waals surface area contributed by atoms with Crippen molar-refractivity contribution < 1.29 is 4.79 Å². The zero-order valence-corrected chi connectivity index (χ0v) is 19.2. The highest BCUT2D eigenvalue weighted by Crippen LogP contribution is 2.33. The third kappa shape index (κ3) is 3.78. The summed E-state index contributed by atoms with van der Waals surface area (Å²) in [6.07, 6.45) is 12.6. The number of amides is 1. The fourth-order valence-electron chi connectivity index (χ4n) is 4.64. The smallest absolute Gasteiger partial charge is 0.227 e. The van der Waals surface area contributed by atoms with Crippen LogP contribution in [0.4, 0.5) is 11.6 Å². The Morgan fingerprint density at radius 1 is 0.829 bits per heavy atom. The molecule has 6 rings (SSSR count). The molecule has 1 fully saturated rings. The zero-order chi connectivity index (χ0) is 23.9. The fraction of sp³-hybridized carbons (Fsp3) is 0.148. The molecule has 1 amide bonds. The number of hydrogen-bond donors (Lipinski definition) is 1. The van der Waals surface area contributed by atoms with E-state index in [1.54, 1.807) is 12.4 Å². The third-order valence-electron chi connectivity index (χ3n) is 6.45. The number of anilines is 2. The first-order valence-corrected chi connectivity index (χ1v) is 11.5. The second-order valence-electron chi connectivity index (χ2n) is 8.74. The molecule has 0 spiro atoms. The van der Waals surface area contributed by atoms with E-state index in [4.69, 9.17) is 10.7 Å². The van der Waals surface area contributed by atoms with Gasteiger partial charge in [-0.2, -0.15) is 0 Å². The summed E-state index contributed by atoms with van der Waals surface area (Å²) in [6.45, 7) is 0.786. The molecule has 5 heterocycles. The quantitative estimate of drug-likeness (QED) is 0.424. The number of rotatable bonds is 4. The molecule has 0 radical (unpaired) electrons. The lowest BCUT2D eigenvalue weighted by Crippen LogP contribution is -2.23. The number of aryl methyl sites for hydroxylation is 1. The van der Waals surface area contributed by atoms with Crippen molar-refractivity contribution in [2.24, 2.45) is 7.05 Å². The van der Waals surface area contributed by atoms with Crippen LogP contribution >= 0.6 is 0 Å². The Labute approximate surface area is 202 Å². The van der Waals surface area contributed by atoms with Crippen LogP contribution in [0, 0.1) is 0 Å². The molecule has 1 aliphatic heterocycles. The van der Waals surface area contributed by atoms with Gasteiger partial charge in [-0.05, 0) is 36.2 Å². The lowest BCUT2D eigenvalue weighted by molar-refractivity contribution is -0.117. The number of nitrogens with zero attached hydrogens (tertiary/aromatic N) is 6. The molecule has 8 heteroatoms. The molecule has 1 saturated heterocycles. The van der Waals surface area contributed by atoms with Crippen molar-refractivity contribution in [2.75, 3.05) is 17.2 Å². The highest BCUT2D eigenvalue weighted by molar-refractivity contribution is 5.97. The van der Waals surface area contributed by atoms with Crippen LogP contribution < -0.4 is 10.6 Å².